The minimum atomic E-state index is 0.0703. The van der Waals surface area contributed by atoms with Crippen LogP contribution >= 0.6 is 15.9 Å². The highest BCUT2D eigenvalue weighted by atomic mass is 79.9. The van der Waals surface area contributed by atoms with E-state index in [1.54, 1.807) is 6.07 Å². The number of carbonyl (C=O) groups is 1. The van der Waals surface area contributed by atoms with E-state index in [4.69, 9.17) is 0 Å². The van der Waals surface area contributed by atoms with Crippen LogP contribution in [0.4, 0.5) is 0 Å². The van der Waals surface area contributed by atoms with Gasteiger partial charge in [0, 0.05) is 12.0 Å². The smallest absolute Gasteiger partial charge is 0.147 e. The molecule has 1 aromatic carbocycles. The summed E-state index contributed by atoms with van der Waals surface area (Å²) in [4.78, 5) is 11.1. The Bertz CT molecular complexity index is 321. The van der Waals surface area contributed by atoms with Crippen LogP contribution in [0.25, 0.3) is 0 Å². The first-order valence-electron chi connectivity index (χ1n) is 4.00. The summed E-state index contributed by atoms with van der Waals surface area (Å²) in [6, 6.07) is 5.42. The summed E-state index contributed by atoms with van der Waals surface area (Å²) < 4.78 is 0. The van der Waals surface area contributed by atoms with Gasteiger partial charge in [-0.25, -0.2) is 0 Å². The normalized spacial score (nSPS) is 10.0. The van der Waals surface area contributed by atoms with Crippen LogP contribution in [0.3, 0.4) is 0 Å². The van der Waals surface area contributed by atoms with E-state index in [0.29, 0.717) is 17.3 Å². The van der Waals surface area contributed by atoms with Crippen molar-refractivity contribution in [2.75, 3.05) is 5.33 Å². The van der Waals surface area contributed by atoms with Crippen LogP contribution in [0.5, 0.6) is 5.75 Å². The largest absolute Gasteiger partial charge is 0.507 e. The Kier molecular flexibility index (Phi) is 3.48. The van der Waals surface area contributed by atoms with Crippen molar-refractivity contribution in [3.63, 3.8) is 0 Å². The molecule has 0 fully saturated rings. The molecule has 0 saturated heterocycles. The molecule has 0 aromatic heterocycles. The van der Waals surface area contributed by atoms with Gasteiger partial charge in [-0.05, 0) is 12.5 Å². The maximum atomic E-state index is 11.1. The molecule has 0 radical (unpaired) electrons. The molecule has 0 saturated carbocycles. The predicted octanol–water partition coefficient (Wildman–Crippen LogP) is 2.21. The molecule has 0 heterocycles. The van der Waals surface area contributed by atoms with E-state index in [0.717, 1.165) is 5.56 Å². The van der Waals surface area contributed by atoms with Gasteiger partial charge < -0.3 is 5.11 Å². The van der Waals surface area contributed by atoms with Crippen LogP contribution < -0.4 is 0 Å². The number of phenols is 1. The molecule has 0 unspecified atom stereocenters. The Morgan fingerprint density at radius 2 is 2.23 bits per heavy atom. The van der Waals surface area contributed by atoms with Crippen molar-refractivity contribution in [2.24, 2.45) is 0 Å². The molecule has 0 aliphatic carbocycles. The van der Waals surface area contributed by atoms with E-state index in [1.165, 1.54) is 0 Å². The van der Waals surface area contributed by atoms with Gasteiger partial charge in [0.25, 0.3) is 0 Å². The monoisotopic (exact) mass is 242 g/mol. The number of ketones is 1. The zero-order valence-corrected chi connectivity index (χ0v) is 8.97. The third kappa shape index (κ3) is 2.56. The molecule has 70 valence electrons. The summed E-state index contributed by atoms with van der Waals surface area (Å²) in [7, 11) is 0. The lowest BCUT2D eigenvalue weighted by molar-refractivity contribution is -0.115. The van der Waals surface area contributed by atoms with Gasteiger partial charge in [-0.15, -0.1) is 0 Å². The van der Waals surface area contributed by atoms with Crippen molar-refractivity contribution in [1.29, 1.82) is 0 Å². The molecule has 0 atom stereocenters. The lowest BCUT2D eigenvalue weighted by atomic mass is 10.1. The summed E-state index contributed by atoms with van der Waals surface area (Å²) >= 11 is 3.08. The third-order valence-electron chi connectivity index (χ3n) is 1.86. The molecule has 0 aliphatic rings. The zero-order chi connectivity index (χ0) is 9.84. The van der Waals surface area contributed by atoms with E-state index in [-0.39, 0.29) is 11.5 Å². The number of alkyl halides is 1. The number of aromatic hydroxyl groups is 1. The number of hydrogen-bond donors (Lipinski definition) is 1. The number of Topliss-reactive ketones (excluding diaryl/α,β-unsaturated/α-hetero) is 1. The number of aryl methyl sites for hydroxylation is 1. The van der Waals surface area contributed by atoms with Crippen LogP contribution in [0.1, 0.15) is 11.1 Å². The second-order valence-corrected chi connectivity index (χ2v) is 3.49. The number of benzene rings is 1. The Morgan fingerprint density at radius 1 is 1.54 bits per heavy atom. The summed E-state index contributed by atoms with van der Waals surface area (Å²) in [5, 5.41) is 9.91. The van der Waals surface area contributed by atoms with E-state index < -0.39 is 0 Å². The Hall–Kier alpha value is -0.830. The lowest BCUT2D eigenvalue weighted by Gasteiger charge is -2.04. The summed E-state index contributed by atoms with van der Waals surface area (Å²) in [5.74, 6) is 0.303. The van der Waals surface area contributed by atoms with Crippen LogP contribution in [0.2, 0.25) is 0 Å². The molecule has 1 aromatic rings. The van der Waals surface area contributed by atoms with Gasteiger partial charge in [0.05, 0.1) is 5.33 Å². The standard InChI is InChI=1S/C10H11BrO2/c1-7-3-2-4-8(10(7)13)5-9(12)6-11/h2-4,13H,5-6H2,1H3. The molecule has 0 spiro atoms. The van der Waals surface area contributed by atoms with Crippen molar-refractivity contribution in [3.8, 4) is 5.75 Å². The highest BCUT2D eigenvalue weighted by Gasteiger charge is 2.07. The summed E-state index contributed by atoms with van der Waals surface area (Å²) in [5.41, 5.74) is 1.50. The topological polar surface area (TPSA) is 37.3 Å². The first kappa shape index (κ1) is 10.3. The van der Waals surface area contributed by atoms with Crippen LogP contribution in [0.15, 0.2) is 18.2 Å². The first-order valence-corrected chi connectivity index (χ1v) is 5.12. The van der Waals surface area contributed by atoms with E-state index in [1.807, 2.05) is 19.1 Å². The van der Waals surface area contributed by atoms with Gasteiger partial charge in [-0.1, -0.05) is 34.1 Å². The molecular formula is C10H11BrO2. The maximum Gasteiger partial charge on any atom is 0.147 e. The lowest BCUT2D eigenvalue weighted by Crippen LogP contribution is -2.03. The second-order valence-electron chi connectivity index (χ2n) is 2.93. The fraction of sp³-hybridized carbons (Fsp3) is 0.300. The molecule has 3 heteroatoms. The van der Waals surface area contributed by atoms with Crippen LogP contribution in [-0.4, -0.2) is 16.2 Å². The number of rotatable bonds is 3. The Morgan fingerprint density at radius 3 is 2.85 bits per heavy atom. The van der Waals surface area contributed by atoms with Crippen molar-refractivity contribution in [1.82, 2.24) is 0 Å². The Balaban J connectivity index is 2.89. The highest BCUT2D eigenvalue weighted by molar-refractivity contribution is 9.09. The van der Waals surface area contributed by atoms with Crippen molar-refractivity contribution in [3.05, 3.63) is 29.3 Å². The quantitative estimate of drug-likeness (QED) is 0.826. The molecular weight excluding hydrogens is 232 g/mol. The fourth-order valence-corrected chi connectivity index (χ4v) is 1.32. The summed E-state index contributed by atoms with van der Waals surface area (Å²) in [6.07, 6.45) is 0.290. The predicted molar refractivity (Wildman–Crippen MR) is 55.3 cm³/mol. The maximum absolute atomic E-state index is 11.1. The molecule has 13 heavy (non-hydrogen) atoms. The first-order chi connectivity index (χ1) is 6.15. The van der Waals surface area contributed by atoms with E-state index in [9.17, 15) is 9.90 Å². The minimum absolute atomic E-state index is 0.0703. The number of phenolic OH excluding ortho intramolecular Hbond substituents is 1. The van der Waals surface area contributed by atoms with Gasteiger partial charge in [-0.2, -0.15) is 0 Å². The minimum Gasteiger partial charge on any atom is -0.507 e. The van der Waals surface area contributed by atoms with Crippen LogP contribution in [0, 0.1) is 6.92 Å². The number of hydrogen-bond acceptors (Lipinski definition) is 2. The number of carbonyl (C=O) groups excluding carboxylic acids is 1. The van der Waals surface area contributed by atoms with E-state index in [2.05, 4.69) is 15.9 Å². The molecule has 1 N–H and O–H groups in total. The average molecular weight is 243 g/mol. The summed E-state index contributed by atoms with van der Waals surface area (Å²) in [6.45, 7) is 1.82. The van der Waals surface area contributed by atoms with Crippen molar-refractivity contribution in [2.45, 2.75) is 13.3 Å². The van der Waals surface area contributed by atoms with Gasteiger partial charge in [0.1, 0.15) is 11.5 Å². The highest BCUT2D eigenvalue weighted by Crippen LogP contribution is 2.21. The van der Waals surface area contributed by atoms with Crippen LogP contribution in [-0.2, 0) is 11.2 Å². The van der Waals surface area contributed by atoms with E-state index >= 15 is 0 Å². The van der Waals surface area contributed by atoms with Gasteiger partial charge in [-0.3, -0.25) is 4.79 Å². The fourth-order valence-electron chi connectivity index (χ4n) is 1.12. The van der Waals surface area contributed by atoms with Gasteiger partial charge in [0.15, 0.2) is 0 Å². The average Bonchev–Trinajstić information content (AvgIpc) is 2.13. The number of halogens is 1. The van der Waals surface area contributed by atoms with Crippen molar-refractivity contribution >= 4 is 21.7 Å². The third-order valence-corrected chi connectivity index (χ3v) is 2.48. The number of para-hydroxylation sites is 1. The second kappa shape index (κ2) is 4.42. The Labute approximate surface area is 85.7 Å². The SMILES string of the molecule is Cc1cccc(CC(=O)CBr)c1O. The molecule has 0 aliphatic heterocycles. The van der Waals surface area contributed by atoms with Crippen molar-refractivity contribution < 1.29 is 9.90 Å². The molecule has 0 bridgehead atoms. The van der Waals surface area contributed by atoms with Gasteiger partial charge >= 0.3 is 0 Å². The molecule has 1 rings (SSSR count). The van der Waals surface area contributed by atoms with Gasteiger partial charge in [0.2, 0.25) is 0 Å². The molecule has 0 amide bonds. The zero-order valence-electron chi connectivity index (χ0n) is 7.38. The molecule has 2 nitrogen and oxygen atoms in total.